The van der Waals surface area contributed by atoms with Crippen molar-refractivity contribution in [2.24, 2.45) is 0 Å². The van der Waals surface area contributed by atoms with Gasteiger partial charge in [0, 0.05) is 11.9 Å². The van der Waals surface area contributed by atoms with E-state index in [1.54, 1.807) is 23.6 Å². The molecule has 18 heavy (non-hydrogen) atoms. The molecular formula is C12H10N4OS. The number of rotatable bonds is 3. The number of nitrogens with one attached hydrogen (secondary N) is 1. The quantitative estimate of drug-likeness (QED) is 0.873. The first-order valence-electron chi connectivity index (χ1n) is 5.17. The predicted octanol–water partition coefficient (Wildman–Crippen LogP) is 1.53. The van der Waals surface area contributed by atoms with E-state index in [9.17, 15) is 4.79 Å². The number of thiazole rings is 1. The Morgan fingerprint density at radius 2 is 2.39 bits per heavy atom. The molecule has 5 nitrogen and oxygen atoms in total. The zero-order valence-corrected chi connectivity index (χ0v) is 10.2. The van der Waals surface area contributed by atoms with Gasteiger partial charge in [-0.05, 0) is 17.7 Å². The van der Waals surface area contributed by atoms with Crippen molar-refractivity contribution in [3.63, 3.8) is 0 Å². The van der Waals surface area contributed by atoms with Crippen molar-refractivity contribution in [2.75, 3.05) is 5.73 Å². The lowest BCUT2D eigenvalue weighted by atomic mass is 10.1. The molecule has 1 heterocycles. The van der Waals surface area contributed by atoms with Gasteiger partial charge >= 0.3 is 0 Å². The molecular weight excluding hydrogens is 248 g/mol. The van der Waals surface area contributed by atoms with E-state index in [1.165, 1.54) is 11.3 Å². The Hall–Kier alpha value is -2.39. The molecule has 0 aliphatic carbocycles. The Balaban J connectivity index is 1.99. The highest BCUT2D eigenvalue weighted by Crippen LogP contribution is 2.11. The van der Waals surface area contributed by atoms with Crippen LogP contribution in [0.4, 0.5) is 5.13 Å². The minimum atomic E-state index is -0.273. The highest BCUT2D eigenvalue weighted by atomic mass is 32.1. The standard InChI is InChI=1S/C12H10N4OS/c13-5-8-2-1-3-9(4-8)6-15-11(17)10-7-18-12(14)16-10/h1-4,7H,6H2,(H2,14,16)(H,15,17). The van der Waals surface area contributed by atoms with E-state index < -0.39 is 0 Å². The summed E-state index contributed by atoms with van der Waals surface area (Å²) in [6.45, 7) is 0.353. The average molecular weight is 258 g/mol. The summed E-state index contributed by atoms with van der Waals surface area (Å²) in [5.74, 6) is -0.273. The second-order valence-electron chi connectivity index (χ2n) is 3.57. The Morgan fingerprint density at radius 1 is 1.56 bits per heavy atom. The molecule has 0 spiro atoms. The number of nitrogen functional groups attached to an aromatic ring is 1. The van der Waals surface area contributed by atoms with Crippen molar-refractivity contribution in [3.05, 3.63) is 46.5 Å². The van der Waals surface area contributed by atoms with Gasteiger partial charge in [0.05, 0.1) is 11.6 Å². The van der Waals surface area contributed by atoms with Crippen molar-refractivity contribution in [2.45, 2.75) is 6.54 Å². The fraction of sp³-hybridized carbons (Fsp3) is 0.0833. The molecule has 90 valence electrons. The van der Waals surface area contributed by atoms with E-state index in [0.29, 0.717) is 22.9 Å². The number of aromatic nitrogens is 1. The van der Waals surface area contributed by atoms with Crippen LogP contribution in [0.1, 0.15) is 21.6 Å². The number of anilines is 1. The van der Waals surface area contributed by atoms with Gasteiger partial charge in [-0.3, -0.25) is 4.79 Å². The van der Waals surface area contributed by atoms with E-state index in [1.807, 2.05) is 6.07 Å². The van der Waals surface area contributed by atoms with Gasteiger partial charge in [0.25, 0.3) is 5.91 Å². The number of hydrogen-bond donors (Lipinski definition) is 2. The van der Waals surface area contributed by atoms with Gasteiger partial charge < -0.3 is 11.1 Å². The molecule has 0 bridgehead atoms. The van der Waals surface area contributed by atoms with Crippen LogP contribution in [0.5, 0.6) is 0 Å². The van der Waals surface area contributed by atoms with E-state index in [0.717, 1.165) is 5.56 Å². The molecule has 0 aliphatic rings. The van der Waals surface area contributed by atoms with Crippen molar-refractivity contribution in [1.29, 1.82) is 5.26 Å². The van der Waals surface area contributed by atoms with Gasteiger partial charge in [-0.15, -0.1) is 11.3 Å². The second-order valence-corrected chi connectivity index (χ2v) is 4.46. The lowest BCUT2D eigenvalue weighted by molar-refractivity contribution is 0.0946. The van der Waals surface area contributed by atoms with Crippen LogP contribution in [0.25, 0.3) is 0 Å². The highest BCUT2D eigenvalue weighted by molar-refractivity contribution is 7.13. The number of nitrogens with two attached hydrogens (primary N) is 1. The highest BCUT2D eigenvalue weighted by Gasteiger charge is 2.08. The van der Waals surface area contributed by atoms with Crippen molar-refractivity contribution < 1.29 is 4.79 Å². The molecule has 0 fully saturated rings. The van der Waals surface area contributed by atoms with Crippen LogP contribution < -0.4 is 11.1 Å². The summed E-state index contributed by atoms with van der Waals surface area (Å²) < 4.78 is 0. The Labute approximate surface area is 108 Å². The van der Waals surface area contributed by atoms with Crippen LogP contribution in [-0.2, 0) is 6.54 Å². The molecule has 3 N–H and O–H groups in total. The molecule has 0 radical (unpaired) electrons. The largest absolute Gasteiger partial charge is 0.375 e. The van der Waals surface area contributed by atoms with Crippen LogP contribution in [0.15, 0.2) is 29.6 Å². The first kappa shape index (κ1) is 12.1. The fourth-order valence-corrected chi connectivity index (χ4v) is 1.96. The minimum absolute atomic E-state index is 0.273. The average Bonchev–Trinajstić information content (AvgIpc) is 2.83. The summed E-state index contributed by atoms with van der Waals surface area (Å²) in [6.07, 6.45) is 0. The summed E-state index contributed by atoms with van der Waals surface area (Å²) in [6, 6.07) is 9.12. The summed E-state index contributed by atoms with van der Waals surface area (Å²) in [5.41, 5.74) is 7.20. The monoisotopic (exact) mass is 258 g/mol. The van der Waals surface area contributed by atoms with Crippen molar-refractivity contribution in [1.82, 2.24) is 10.3 Å². The normalized spacial score (nSPS) is 9.72. The molecule has 0 saturated carbocycles. The van der Waals surface area contributed by atoms with Crippen molar-refractivity contribution in [3.8, 4) is 6.07 Å². The molecule has 6 heteroatoms. The fourth-order valence-electron chi connectivity index (χ4n) is 1.42. The van der Waals surface area contributed by atoms with Crippen LogP contribution in [-0.4, -0.2) is 10.9 Å². The lowest BCUT2D eigenvalue weighted by Gasteiger charge is -2.03. The Morgan fingerprint density at radius 3 is 3.06 bits per heavy atom. The maximum absolute atomic E-state index is 11.7. The topological polar surface area (TPSA) is 91.8 Å². The van der Waals surface area contributed by atoms with Gasteiger partial charge in [-0.2, -0.15) is 5.26 Å². The molecule has 0 saturated heterocycles. The second kappa shape index (κ2) is 5.29. The molecule has 0 unspecified atom stereocenters. The number of hydrogen-bond acceptors (Lipinski definition) is 5. The van der Waals surface area contributed by atoms with E-state index in [4.69, 9.17) is 11.0 Å². The summed E-state index contributed by atoms with van der Waals surface area (Å²) >= 11 is 1.22. The third-order valence-electron chi connectivity index (χ3n) is 2.26. The number of carbonyl (C=O) groups excluding carboxylic acids is 1. The van der Waals surface area contributed by atoms with Gasteiger partial charge in [-0.25, -0.2) is 4.98 Å². The summed E-state index contributed by atoms with van der Waals surface area (Å²) in [5, 5.41) is 13.5. The van der Waals surface area contributed by atoms with Gasteiger partial charge in [-0.1, -0.05) is 12.1 Å². The van der Waals surface area contributed by atoms with Crippen molar-refractivity contribution >= 4 is 22.4 Å². The van der Waals surface area contributed by atoms with Crippen LogP contribution in [0, 0.1) is 11.3 Å². The zero-order chi connectivity index (χ0) is 13.0. The molecule has 2 rings (SSSR count). The number of carbonyl (C=O) groups is 1. The molecule has 1 aromatic heterocycles. The SMILES string of the molecule is N#Cc1cccc(CNC(=O)c2csc(N)n2)c1. The Kier molecular flexibility index (Phi) is 3.55. The first-order valence-corrected chi connectivity index (χ1v) is 6.05. The van der Waals surface area contributed by atoms with Crippen LogP contribution in [0.3, 0.4) is 0 Å². The van der Waals surface area contributed by atoms with Crippen LogP contribution >= 0.6 is 11.3 Å². The zero-order valence-electron chi connectivity index (χ0n) is 9.38. The maximum Gasteiger partial charge on any atom is 0.271 e. The van der Waals surface area contributed by atoms with Gasteiger partial charge in [0.1, 0.15) is 5.69 Å². The van der Waals surface area contributed by atoms with Crippen LogP contribution in [0.2, 0.25) is 0 Å². The summed E-state index contributed by atoms with van der Waals surface area (Å²) in [4.78, 5) is 15.6. The lowest BCUT2D eigenvalue weighted by Crippen LogP contribution is -2.23. The maximum atomic E-state index is 11.7. The molecule has 0 aliphatic heterocycles. The molecule has 2 aromatic rings. The number of nitrogens with zero attached hydrogens (tertiary/aromatic N) is 2. The summed E-state index contributed by atoms with van der Waals surface area (Å²) in [7, 11) is 0. The first-order chi connectivity index (χ1) is 8.69. The van der Waals surface area contributed by atoms with E-state index in [-0.39, 0.29) is 5.91 Å². The van der Waals surface area contributed by atoms with E-state index >= 15 is 0 Å². The Bertz CT molecular complexity index is 615. The smallest absolute Gasteiger partial charge is 0.271 e. The van der Waals surface area contributed by atoms with E-state index in [2.05, 4.69) is 16.4 Å². The third-order valence-corrected chi connectivity index (χ3v) is 2.94. The number of amides is 1. The minimum Gasteiger partial charge on any atom is -0.375 e. The third kappa shape index (κ3) is 2.84. The van der Waals surface area contributed by atoms with Gasteiger partial charge in [0.2, 0.25) is 0 Å². The number of benzene rings is 1. The number of nitriles is 1. The predicted molar refractivity (Wildman–Crippen MR) is 68.9 cm³/mol. The molecule has 0 atom stereocenters. The molecule has 1 amide bonds. The molecule has 1 aromatic carbocycles. The van der Waals surface area contributed by atoms with Gasteiger partial charge in [0.15, 0.2) is 5.13 Å².